The van der Waals surface area contributed by atoms with E-state index in [2.05, 4.69) is 5.43 Å². The molecule has 3 N–H and O–H groups in total. The second-order valence-corrected chi connectivity index (χ2v) is 2.68. The zero-order valence-corrected chi connectivity index (χ0v) is 5.36. The van der Waals surface area contributed by atoms with Crippen LogP contribution in [0.3, 0.4) is 0 Å². The van der Waals surface area contributed by atoms with Gasteiger partial charge in [0.15, 0.2) is 0 Å². The third-order valence-corrected chi connectivity index (χ3v) is 0.482. The minimum absolute atomic E-state index is 0.328. The second-order valence-electron chi connectivity index (χ2n) is 2.68. The number of quaternary nitrogens is 1. The van der Waals surface area contributed by atoms with Crippen LogP contribution < -0.4 is 10.8 Å². The lowest BCUT2D eigenvalue weighted by Crippen LogP contribution is -3.13. The number of rotatable bonds is 1. The molecule has 4 heteroatoms. The first-order valence-corrected chi connectivity index (χ1v) is 2.43. The average molecular weight is 120 g/mol. The Morgan fingerprint density at radius 1 is 1.50 bits per heavy atom. The van der Waals surface area contributed by atoms with Crippen LogP contribution in [0, 0.1) is 5.21 Å². The van der Waals surface area contributed by atoms with Crippen molar-refractivity contribution in [3.63, 3.8) is 0 Å². The Balaban J connectivity index is 3.39. The van der Waals surface area contributed by atoms with Gasteiger partial charge in [-0.3, -0.25) is 0 Å². The lowest BCUT2D eigenvalue weighted by Gasteiger charge is -2.23. The molecule has 0 aromatic heterocycles. The summed E-state index contributed by atoms with van der Waals surface area (Å²) in [6.07, 6.45) is 0. The molecule has 0 aliphatic heterocycles. The van der Waals surface area contributed by atoms with E-state index in [0.29, 0.717) is 0 Å². The van der Waals surface area contributed by atoms with Gasteiger partial charge in [0.2, 0.25) is 0 Å². The quantitative estimate of drug-likeness (QED) is 0.391. The highest BCUT2D eigenvalue weighted by Crippen LogP contribution is 1.92. The first kappa shape index (κ1) is 7.84. The first-order chi connectivity index (χ1) is 3.42. The van der Waals surface area contributed by atoms with Gasteiger partial charge in [-0.25, -0.2) is 0 Å². The third-order valence-electron chi connectivity index (χ3n) is 0.482. The van der Waals surface area contributed by atoms with Gasteiger partial charge in [0.25, 0.3) is 0 Å². The molecule has 0 rings (SSSR count). The predicted molar refractivity (Wildman–Crippen MR) is 29.0 cm³/mol. The Kier molecular flexibility index (Phi) is 2.36. The molecule has 8 heavy (non-hydrogen) atoms. The van der Waals surface area contributed by atoms with Gasteiger partial charge in [-0.05, 0) is 20.8 Å². The summed E-state index contributed by atoms with van der Waals surface area (Å²) in [6.45, 7) is 5.38. The topological polar surface area (TPSA) is 59.8 Å². The van der Waals surface area contributed by atoms with E-state index in [4.69, 9.17) is 5.21 Å². The van der Waals surface area contributed by atoms with Crippen molar-refractivity contribution in [3.05, 3.63) is 5.21 Å². The molecule has 4 nitrogen and oxygen atoms in total. The molecule has 50 valence electrons. The largest absolute Gasteiger partial charge is 0.580 e. The highest BCUT2D eigenvalue weighted by Gasteiger charge is 2.11. The fraction of sp³-hybridized carbons (Fsp3) is 1.00. The fourth-order valence-corrected chi connectivity index (χ4v) is 0.321. The molecule has 0 spiro atoms. The van der Waals surface area contributed by atoms with E-state index in [1.807, 2.05) is 0 Å². The minimum atomic E-state index is -0.975. The van der Waals surface area contributed by atoms with Crippen LogP contribution in [0.1, 0.15) is 20.8 Å². The summed E-state index contributed by atoms with van der Waals surface area (Å²) in [7, 11) is 0. The van der Waals surface area contributed by atoms with E-state index in [1.165, 1.54) is 0 Å². The van der Waals surface area contributed by atoms with Crippen molar-refractivity contribution in [2.24, 2.45) is 0 Å². The van der Waals surface area contributed by atoms with Gasteiger partial charge in [-0.15, -0.1) is 10.8 Å². The summed E-state index contributed by atoms with van der Waals surface area (Å²) in [4.78, 5) is 0. The Labute approximate surface area is 48.6 Å². The third kappa shape index (κ3) is 5.84. The van der Waals surface area contributed by atoms with Crippen molar-refractivity contribution >= 4 is 0 Å². The van der Waals surface area contributed by atoms with Crippen LogP contribution in [0.4, 0.5) is 0 Å². The molecule has 1 atom stereocenters. The van der Waals surface area contributed by atoms with Crippen LogP contribution in [0.2, 0.25) is 0 Å². The Hall–Kier alpha value is -0.160. The lowest BCUT2D eigenvalue weighted by molar-refractivity contribution is -1.09. The van der Waals surface area contributed by atoms with E-state index in [1.54, 1.807) is 20.8 Å². The van der Waals surface area contributed by atoms with Gasteiger partial charge in [-0.2, -0.15) is 5.21 Å². The van der Waals surface area contributed by atoms with Crippen molar-refractivity contribution in [3.8, 4) is 0 Å². The summed E-state index contributed by atoms with van der Waals surface area (Å²) in [5.74, 6) is 0. The predicted octanol–water partition coefficient (Wildman–Crippen LogP) is -0.939. The van der Waals surface area contributed by atoms with Crippen molar-refractivity contribution in [1.29, 1.82) is 0 Å². The fourth-order valence-electron chi connectivity index (χ4n) is 0.321. The maximum Gasteiger partial charge on any atom is 0.0617 e. The standard InChI is InChI=1S/C4H12N2O2/c1-4(2,3)5-6(7)8/h5-7H,1-3H3. The normalized spacial score (nSPS) is 16.1. The van der Waals surface area contributed by atoms with Gasteiger partial charge < -0.3 is 5.21 Å². The average Bonchev–Trinajstić information content (AvgIpc) is 1.21. The van der Waals surface area contributed by atoms with Crippen LogP contribution in [-0.2, 0) is 0 Å². The zero-order valence-electron chi connectivity index (χ0n) is 5.36. The smallest absolute Gasteiger partial charge is 0.0617 e. The van der Waals surface area contributed by atoms with Crippen molar-refractivity contribution in [1.82, 2.24) is 5.43 Å². The summed E-state index contributed by atoms with van der Waals surface area (Å²) in [5.41, 5.74) is 1.97. The SMILES string of the molecule is CC(C)(C)N[NH+]([O-])O. The van der Waals surface area contributed by atoms with Gasteiger partial charge in [-0.1, -0.05) is 0 Å². The Morgan fingerprint density at radius 3 is 1.88 bits per heavy atom. The van der Waals surface area contributed by atoms with E-state index in [9.17, 15) is 5.21 Å². The molecule has 0 aliphatic carbocycles. The molecule has 0 aromatic rings. The van der Waals surface area contributed by atoms with Crippen LogP contribution in [0.5, 0.6) is 0 Å². The summed E-state index contributed by atoms with van der Waals surface area (Å²) >= 11 is 0. The second kappa shape index (κ2) is 2.41. The van der Waals surface area contributed by atoms with E-state index in [-0.39, 0.29) is 5.54 Å². The van der Waals surface area contributed by atoms with Gasteiger partial charge in [0, 0.05) is 0 Å². The number of hydrogen-bond donors (Lipinski definition) is 3. The highest BCUT2D eigenvalue weighted by molar-refractivity contribution is 4.62. The molecular formula is C4H12N2O2. The molecule has 0 bridgehead atoms. The molecular weight excluding hydrogens is 108 g/mol. The summed E-state index contributed by atoms with van der Waals surface area (Å²) < 4.78 is 0. The Bertz CT molecular complexity index is 66.9. The molecule has 0 amide bonds. The molecule has 0 fully saturated rings. The van der Waals surface area contributed by atoms with Crippen LogP contribution >= 0.6 is 0 Å². The molecule has 0 aromatic carbocycles. The minimum Gasteiger partial charge on any atom is -0.580 e. The monoisotopic (exact) mass is 120 g/mol. The van der Waals surface area contributed by atoms with Crippen molar-refractivity contribution < 1.29 is 10.5 Å². The molecule has 0 saturated carbocycles. The maximum atomic E-state index is 9.90. The number of nitrogens with one attached hydrogen (secondary N) is 2. The van der Waals surface area contributed by atoms with E-state index < -0.39 is 5.34 Å². The number of hydrogen-bond acceptors (Lipinski definition) is 3. The summed E-state index contributed by atoms with van der Waals surface area (Å²) in [5, 5.41) is 17.1. The van der Waals surface area contributed by atoms with Crippen LogP contribution in [-0.4, -0.2) is 10.7 Å². The molecule has 0 aliphatic rings. The van der Waals surface area contributed by atoms with E-state index in [0.717, 1.165) is 0 Å². The highest BCUT2D eigenvalue weighted by atomic mass is 16.8. The molecule has 1 unspecified atom stereocenters. The lowest BCUT2D eigenvalue weighted by atomic mass is 10.1. The van der Waals surface area contributed by atoms with Crippen molar-refractivity contribution in [2.75, 3.05) is 0 Å². The van der Waals surface area contributed by atoms with Crippen LogP contribution in [0.25, 0.3) is 0 Å². The molecule has 0 heterocycles. The van der Waals surface area contributed by atoms with Crippen LogP contribution in [0.15, 0.2) is 0 Å². The van der Waals surface area contributed by atoms with Gasteiger partial charge in [0.05, 0.1) is 5.54 Å². The molecule has 0 saturated heterocycles. The van der Waals surface area contributed by atoms with Gasteiger partial charge in [0.1, 0.15) is 0 Å². The van der Waals surface area contributed by atoms with Crippen molar-refractivity contribution in [2.45, 2.75) is 26.3 Å². The Morgan fingerprint density at radius 2 is 1.88 bits per heavy atom. The van der Waals surface area contributed by atoms with E-state index >= 15 is 0 Å². The zero-order chi connectivity index (χ0) is 6.78. The summed E-state index contributed by atoms with van der Waals surface area (Å²) in [6, 6.07) is 0. The first-order valence-electron chi connectivity index (χ1n) is 2.43. The molecule has 0 radical (unpaired) electrons. The van der Waals surface area contributed by atoms with Gasteiger partial charge >= 0.3 is 0 Å². The maximum absolute atomic E-state index is 9.90.